The van der Waals surface area contributed by atoms with Gasteiger partial charge >= 0.3 is 0 Å². The molecular formula is C44H58O10. The first-order valence-electron chi connectivity index (χ1n) is 18.4. The highest BCUT2D eigenvalue weighted by molar-refractivity contribution is 5.43. The number of hydrogen-bond acceptors (Lipinski definition) is 9. The second-order valence-electron chi connectivity index (χ2n) is 14.3. The Balaban J connectivity index is 0.000000226. The number of methoxy groups -OCH3 is 1. The lowest BCUT2D eigenvalue weighted by Crippen LogP contribution is -2.18. The second-order valence-corrected chi connectivity index (χ2v) is 14.3. The summed E-state index contributed by atoms with van der Waals surface area (Å²) in [6, 6.07) is 33.4. The van der Waals surface area contributed by atoms with Crippen LogP contribution in [0.2, 0.25) is 0 Å². The lowest BCUT2D eigenvalue weighted by Gasteiger charge is -2.26. The smallest absolute Gasteiger partial charge is 0.119 e. The fourth-order valence-electron chi connectivity index (χ4n) is 5.66. The van der Waals surface area contributed by atoms with Crippen LogP contribution in [0.25, 0.3) is 0 Å². The van der Waals surface area contributed by atoms with Gasteiger partial charge in [-0.1, -0.05) is 76.2 Å². The van der Waals surface area contributed by atoms with Crippen molar-refractivity contribution in [2.45, 2.75) is 63.3 Å². The topological polar surface area (TPSA) is 135 Å². The van der Waals surface area contributed by atoms with Crippen molar-refractivity contribution in [1.29, 1.82) is 0 Å². The number of ether oxygens (including phenoxy) is 8. The highest BCUT2D eigenvalue weighted by Crippen LogP contribution is 2.35. The Morgan fingerprint density at radius 1 is 0.481 bits per heavy atom. The fraction of sp³-hybridized carbons (Fsp3) is 0.455. The monoisotopic (exact) mass is 746 g/mol. The lowest BCUT2D eigenvalue weighted by atomic mass is 9.78. The van der Waals surface area contributed by atoms with Crippen LogP contribution in [0.15, 0.2) is 97.1 Å². The first-order chi connectivity index (χ1) is 25.7. The number of epoxide rings is 3. The van der Waals surface area contributed by atoms with Crippen molar-refractivity contribution < 1.29 is 48.5 Å². The Morgan fingerprint density at radius 3 is 0.981 bits per heavy atom. The minimum Gasteiger partial charge on any atom is -0.494 e. The molecule has 54 heavy (non-hydrogen) atoms. The molecule has 0 aliphatic carbocycles. The van der Waals surface area contributed by atoms with E-state index < -0.39 is 0 Å². The summed E-state index contributed by atoms with van der Waals surface area (Å²) in [5.74, 6) is 3.56. The van der Waals surface area contributed by atoms with Crippen LogP contribution in [0.3, 0.4) is 0 Å². The molecule has 0 aromatic heterocycles. The van der Waals surface area contributed by atoms with Gasteiger partial charge in [-0.15, -0.1) is 0 Å². The van der Waals surface area contributed by atoms with E-state index in [1.807, 2.05) is 48.5 Å². The Kier molecular flexibility index (Phi) is 16.2. The maximum atomic E-state index is 7.00. The average Bonchev–Trinajstić information content (AvgIpc) is 4.03. The third-order valence-electron chi connectivity index (χ3n) is 9.58. The summed E-state index contributed by atoms with van der Waals surface area (Å²) in [4.78, 5) is 0. The Bertz CT molecular complexity index is 1560. The van der Waals surface area contributed by atoms with Crippen LogP contribution < -0.4 is 18.9 Å². The highest BCUT2D eigenvalue weighted by atomic mass is 16.6. The summed E-state index contributed by atoms with van der Waals surface area (Å²) >= 11 is 0. The van der Waals surface area contributed by atoms with Crippen LogP contribution in [0.4, 0.5) is 0 Å². The van der Waals surface area contributed by atoms with Crippen molar-refractivity contribution in [3.63, 3.8) is 0 Å². The summed E-state index contributed by atoms with van der Waals surface area (Å²) < 4.78 is 43.4. The maximum absolute atomic E-state index is 7.00. The number of rotatable bonds is 18. The molecule has 3 N–H and O–H groups in total. The van der Waals surface area contributed by atoms with E-state index in [1.54, 1.807) is 7.11 Å². The summed E-state index contributed by atoms with van der Waals surface area (Å²) in [6.45, 7) is 14.7. The van der Waals surface area contributed by atoms with Gasteiger partial charge in [0.2, 0.25) is 0 Å². The molecule has 4 aromatic carbocycles. The molecule has 3 atom stereocenters. The molecule has 0 saturated carbocycles. The minimum atomic E-state index is -0.0906. The van der Waals surface area contributed by atoms with Crippen LogP contribution in [0, 0.1) is 0 Å². The molecule has 10 nitrogen and oxygen atoms in total. The Hall–Kier alpha value is -4.16. The molecule has 0 amide bonds. The summed E-state index contributed by atoms with van der Waals surface area (Å²) in [6.07, 6.45) is 1.73. The van der Waals surface area contributed by atoms with Gasteiger partial charge in [0.15, 0.2) is 0 Å². The fourth-order valence-corrected chi connectivity index (χ4v) is 5.66. The van der Waals surface area contributed by atoms with Gasteiger partial charge in [-0.25, -0.2) is 0 Å². The molecule has 294 valence electrons. The SMILES string of the molecule is CC(C)(c1ccc(OCC2CO2)cc1)c1ccc(OCC2CO2)cc1.CO.COCCCOc1ccc(C(C)(C)c2ccc(OCC3CO3)cc2)cc1.O. The number of aliphatic hydroxyl groups is 1. The van der Waals surface area contributed by atoms with Gasteiger partial charge in [0.1, 0.15) is 61.1 Å². The third kappa shape index (κ3) is 13.0. The van der Waals surface area contributed by atoms with Gasteiger partial charge in [-0.3, -0.25) is 0 Å². The van der Waals surface area contributed by atoms with E-state index in [4.69, 9.17) is 43.0 Å². The number of hydrogen-bond donors (Lipinski definition) is 1. The van der Waals surface area contributed by atoms with Crippen molar-refractivity contribution in [2.24, 2.45) is 0 Å². The van der Waals surface area contributed by atoms with Crippen molar-refractivity contribution in [3.8, 4) is 23.0 Å². The lowest BCUT2D eigenvalue weighted by molar-refractivity contribution is 0.172. The van der Waals surface area contributed by atoms with E-state index in [2.05, 4.69) is 76.2 Å². The van der Waals surface area contributed by atoms with Crippen molar-refractivity contribution >= 4 is 0 Å². The normalized spacial score (nSPS) is 18.0. The molecule has 3 heterocycles. The van der Waals surface area contributed by atoms with Gasteiger partial charge in [0.25, 0.3) is 0 Å². The predicted octanol–water partition coefficient (Wildman–Crippen LogP) is 6.56. The van der Waals surface area contributed by atoms with E-state index in [0.29, 0.717) is 26.4 Å². The minimum absolute atomic E-state index is 0. The molecule has 10 heteroatoms. The summed E-state index contributed by atoms with van der Waals surface area (Å²) in [5.41, 5.74) is 4.83. The molecular weight excluding hydrogens is 688 g/mol. The molecule has 4 aromatic rings. The van der Waals surface area contributed by atoms with Gasteiger partial charge in [0.05, 0.1) is 26.4 Å². The molecule has 3 saturated heterocycles. The van der Waals surface area contributed by atoms with Crippen LogP contribution in [-0.2, 0) is 29.8 Å². The van der Waals surface area contributed by atoms with Gasteiger partial charge in [0, 0.05) is 38.1 Å². The Labute approximate surface area is 320 Å². The first-order valence-corrected chi connectivity index (χ1v) is 18.4. The molecule has 3 aliphatic rings. The van der Waals surface area contributed by atoms with Crippen LogP contribution >= 0.6 is 0 Å². The molecule has 3 fully saturated rings. The average molecular weight is 747 g/mol. The molecule has 7 rings (SSSR count). The van der Waals surface area contributed by atoms with E-state index in [1.165, 1.54) is 22.3 Å². The standard InChI is InChI=1S/C22H28O4.C21H24O4.CH4O.H2O/c1-22(2,17-5-9-19(10-6-17)24-14-4-13-23-3)18-7-11-20(12-8-18)25-15-21-16-26-21;1-21(2,15-3-7-17(8-4-15)22-11-19-13-24-19)16-5-9-18(10-6-16)23-12-20-14-25-20;1-2;/h5-12,21H,4,13-16H2,1-3H3;3-10,19-20H,11-14H2,1-2H3;2H,1H3;1H2. The van der Waals surface area contributed by atoms with Crippen LogP contribution in [-0.4, -0.2) is 96.0 Å². The van der Waals surface area contributed by atoms with Crippen LogP contribution in [0.5, 0.6) is 23.0 Å². The van der Waals surface area contributed by atoms with Gasteiger partial charge < -0.3 is 48.5 Å². The number of aliphatic hydroxyl groups excluding tert-OH is 1. The number of benzene rings is 4. The third-order valence-corrected chi connectivity index (χ3v) is 9.58. The highest BCUT2D eigenvalue weighted by Gasteiger charge is 2.27. The zero-order valence-electron chi connectivity index (χ0n) is 32.5. The van der Waals surface area contributed by atoms with E-state index in [0.717, 1.165) is 63.0 Å². The molecule has 0 radical (unpaired) electrons. The largest absolute Gasteiger partial charge is 0.494 e. The summed E-state index contributed by atoms with van der Waals surface area (Å²) in [7, 11) is 2.71. The van der Waals surface area contributed by atoms with Crippen molar-refractivity contribution in [3.05, 3.63) is 119 Å². The van der Waals surface area contributed by atoms with Crippen molar-refractivity contribution in [2.75, 3.05) is 67.1 Å². The molecule has 3 aliphatic heterocycles. The molecule has 0 bridgehead atoms. The quantitative estimate of drug-likeness (QED) is 0.0888. The van der Waals surface area contributed by atoms with E-state index >= 15 is 0 Å². The zero-order valence-corrected chi connectivity index (χ0v) is 32.5. The zero-order chi connectivity index (χ0) is 37.7. The van der Waals surface area contributed by atoms with Crippen LogP contribution in [0.1, 0.15) is 56.4 Å². The molecule has 3 unspecified atom stereocenters. The molecule has 0 spiro atoms. The predicted molar refractivity (Wildman–Crippen MR) is 209 cm³/mol. The van der Waals surface area contributed by atoms with E-state index in [9.17, 15) is 0 Å². The second kappa shape index (κ2) is 20.5. The van der Waals surface area contributed by atoms with E-state index in [-0.39, 0.29) is 34.6 Å². The summed E-state index contributed by atoms with van der Waals surface area (Å²) in [5, 5.41) is 7.00. The van der Waals surface area contributed by atoms with Crippen molar-refractivity contribution in [1.82, 2.24) is 0 Å². The Morgan fingerprint density at radius 2 is 0.741 bits per heavy atom. The first kappa shape index (κ1) is 42.6. The van der Waals surface area contributed by atoms with Gasteiger partial charge in [-0.2, -0.15) is 0 Å². The maximum Gasteiger partial charge on any atom is 0.119 e. The van der Waals surface area contributed by atoms with Gasteiger partial charge in [-0.05, 0) is 70.8 Å².